The fourth-order valence-corrected chi connectivity index (χ4v) is 4.91. The molecule has 2 aromatic carbocycles. The van der Waals surface area contributed by atoms with Crippen molar-refractivity contribution in [1.29, 1.82) is 0 Å². The highest BCUT2D eigenvalue weighted by molar-refractivity contribution is 6.27. The van der Waals surface area contributed by atoms with Gasteiger partial charge in [-0.3, -0.25) is 9.79 Å². The van der Waals surface area contributed by atoms with Gasteiger partial charge >= 0.3 is 0 Å². The van der Waals surface area contributed by atoms with Crippen LogP contribution in [0.2, 0.25) is 0 Å². The summed E-state index contributed by atoms with van der Waals surface area (Å²) in [7, 11) is 4.95. The molecule has 3 aromatic rings. The smallest absolute Gasteiger partial charge is 0.177 e. The van der Waals surface area contributed by atoms with Gasteiger partial charge in [0.1, 0.15) is 34.6 Å². The first-order valence-corrected chi connectivity index (χ1v) is 10.7. The lowest BCUT2D eigenvalue weighted by Gasteiger charge is -2.40. The van der Waals surface area contributed by atoms with Crippen LogP contribution in [0.5, 0.6) is 11.5 Å². The number of anilines is 1. The zero-order chi connectivity index (χ0) is 22.3. The van der Waals surface area contributed by atoms with Gasteiger partial charge in [-0.15, -0.1) is 0 Å². The summed E-state index contributed by atoms with van der Waals surface area (Å²) in [4.78, 5) is 28.9. The average Bonchev–Trinajstić information content (AvgIpc) is 3.36. The summed E-state index contributed by atoms with van der Waals surface area (Å²) in [6.07, 6.45) is 1.14. The lowest BCUT2D eigenvalue weighted by molar-refractivity contribution is -0.125. The van der Waals surface area contributed by atoms with Crippen molar-refractivity contribution in [3.63, 3.8) is 0 Å². The summed E-state index contributed by atoms with van der Waals surface area (Å²) in [5.41, 5.74) is 1.76. The molecule has 0 aliphatic carbocycles. The van der Waals surface area contributed by atoms with Crippen molar-refractivity contribution < 1.29 is 19.0 Å². The summed E-state index contributed by atoms with van der Waals surface area (Å²) in [6.45, 7) is 1.01. The molecule has 2 saturated heterocycles. The first-order chi connectivity index (χ1) is 15.6. The van der Waals surface area contributed by atoms with Crippen molar-refractivity contribution in [3.8, 4) is 11.5 Å². The normalized spacial score (nSPS) is 21.6. The predicted octanol–water partition coefficient (Wildman–Crippen LogP) is 3.33. The topological polar surface area (TPSA) is 89.0 Å². The predicted molar refractivity (Wildman–Crippen MR) is 122 cm³/mol. The van der Waals surface area contributed by atoms with Crippen LogP contribution in [0.15, 0.2) is 47.5 Å². The summed E-state index contributed by atoms with van der Waals surface area (Å²) in [6, 6.07) is 13.4. The third kappa shape index (κ3) is 3.05. The average molecular weight is 434 g/mol. The summed E-state index contributed by atoms with van der Waals surface area (Å²) in [5.74, 6) is 2.06. The van der Waals surface area contributed by atoms with E-state index in [0.717, 1.165) is 16.7 Å². The first-order valence-electron chi connectivity index (χ1n) is 10.7. The zero-order valence-corrected chi connectivity index (χ0v) is 18.4. The maximum absolute atomic E-state index is 14.1. The van der Waals surface area contributed by atoms with Crippen LogP contribution in [0.25, 0.3) is 11.0 Å². The standard InChI is InChI=1S/C24H26N4O4/c1-25-23-20(22-26-18-6-4-5-7-19(18)27-22)21(29)24(8-10-32-11-9-24)28(23)15-12-16(30-2)14-17(13-15)31-3/h4-7,12-14,20H,8-11H2,1-3H3,(H,26,27). The van der Waals surface area contributed by atoms with Crippen LogP contribution in [-0.2, 0) is 9.53 Å². The molecule has 2 aliphatic heterocycles. The molecule has 3 heterocycles. The fourth-order valence-electron chi connectivity index (χ4n) is 4.91. The van der Waals surface area contributed by atoms with E-state index >= 15 is 0 Å². The number of carbonyl (C=O) groups excluding carboxylic acids is 1. The molecule has 0 saturated carbocycles. The number of benzene rings is 2. The van der Waals surface area contributed by atoms with E-state index in [-0.39, 0.29) is 5.78 Å². The van der Waals surface area contributed by atoms with Gasteiger partial charge in [0.25, 0.3) is 0 Å². The molecule has 8 heteroatoms. The number of ketones is 1. The molecule has 5 rings (SSSR count). The molecule has 0 bridgehead atoms. The van der Waals surface area contributed by atoms with Crippen molar-refractivity contribution in [2.45, 2.75) is 24.3 Å². The van der Waals surface area contributed by atoms with E-state index in [9.17, 15) is 4.79 Å². The van der Waals surface area contributed by atoms with Crippen LogP contribution in [0.3, 0.4) is 0 Å². The Morgan fingerprint density at radius 2 is 1.81 bits per heavy atom. The molecular weight excluding hydrogens is 408 g/mol. The molecule has 1 spiro atoms. The number of H-pyrrole nitrogens is 1. The van der Waals surface area contributed by atoms with Gasteiger partial charge in [0, 0.05) is 51.3 Å². The largest absolute Gasteiger partial charge is 0.497 e. The Balaban J connectivity index is 1.70. The number of imidazole rings is 1. The Morgan fingerprint density at radius 3 is 2.44 bits per heavy atom. The number of Topliss-reactive ketones (excluding diaryl/α,β-unsaturated/α-hetero) is 1. The molecule has 2 aliphatic rings. The van der Waals surface area contributed by atoms with E-state index in [2.05, 4.69) is 14.9 Å². The molecule has 166 valence electrons. The van der Waals surface area contributed by atoms with E-state index in [1.165, 1.54) is 0 Å². The lowest BCUT2D eigenvalue weighted by atomic mass is 9.83. The van der Waals surface area contributed by atoms with E-state index in [1.807, 2.05) is 42.5 Å². The zero-order valence-electron chi connectivity index (χ0n) is 18.4. The molecule has 2 fully saturated rings. The van der Waals surface area contributed by atoms with Crippen LogP contribution in [0.1, 0.15) is 24.6 Å². The Morgan fingerprint density at radius 1 is 1.12 bits per heavy atom. The van der Waals surface area contributed by atoms with Crippen LogP contribution >= 0.6 is 0 Å². The Hall–Kier alpha value is -3.39. The van der Waals surface area contributed by atoms with Crippen molar-refractivity contribution in [3.05, 3.63) is 48.3 Å². The van der Waals surface area contributed by atoms with Gasteiger partial charge in [0.05, 0.1) is 30.9 Å². The molecule has 1 unspecified atom stereocenters. The van der Waals surface area contributed by atoms with Gasteiger partial charge in [-0.1, -0.05) is 12.1 Å². The SMILES string of the molecule is CN=C1C(c2nc3ccccc3[nH]2)C(=O)C2(CCOCC2)N1c1cc(OC)cc(OC)c1. The van der Waals surface area contributed by atoms with Crippen LogP contribution in [0.4, 0.5) is 5.69 Å². The second kappa shape index (κ2) is 7.94. The highest BCUT2D eigenvalue weighted by Crippen LogP contribution is 2.47. The number of hydrogen-bond donors (Lipinski definition) is 1. The number of nitrogens with one attached hydrogen (secondary N) is 1. The number of para-hydroxylation sites is 2. The summed E-state index contributed by atoms with van der Waals surface area (Å²) in [5, 5.41) is 0. The molecule has 0 amide bonds. The number of fused-ring (bicyclic) bond motifs is 1. The quantitative estimate of drug-likeness (QED) is 0.678. The number of ether oxygens (including phenoxy) is 3. The number of aromatic nitrogens is 2. The van der Waals surface area contributed by atoms with Gasteiger partial charge < -0.3 is 24.1 Å². The number of nitrogens with zero attached hydrogens (tertiary/aromatic N) is 3. The van der Waals surface area contributed by atoms with Gasteiger partial charge in [-0.25, -0.2) is 4.98 Å². The Kier molecular flexibility index (Phi) is 5.09. The number of rotatable bonds is 4. The molecule has 1 N–H and O–H groups in total. The summed E-state index contributed by atoms with van der Waals surface area (Å²) < 4.78 is 16.7. The van der Waals surface area contributed by atoms with E-state index < -0.39 is 11.5 Å². The number of hydrogen-bond acceptors (Lipinski definition) is 6. The monoisotopic (exact) mass is 434 g/mol. The minimum absolute atomic E-state index is 0.0854. The Bertz CT molecular complexity index is 1140. The minimum Gasteiger partial charge on any atom is -0.497 e. The van der Waals surface area contributed by atoms with E-state index in [1.54, 1.807) is 21.3 Å². The Labute approximate surface area is 186 Å². The van der Waals surface area contributed by atoms with Crippen LogP contribution < -0.4 is 14.4 Å². The number of carbonyl (C=O) groups is 1. The number of aliphatic imine (C=N–C) groups is 1. The maximum atomic E-state index is 14.1. The number of aromatic amines is 1. The maximum Gasteiger partial charge on any atom is 0.177 e. The third-order valence-electron chi connectivity index (χ3n) is 6.46. The fraction of sp³-hybridized carbons (Fsp3) is 0.375. The minimum atomic E-state index is -0.770. The van der Waals surface area contributed by atoms with Gasteiger partial charge in [0.2, 0.25) is 0 Å². The summed E-state index contributed by atoms with van der Waals surface area (Å²) >= 11 is 0. The van der Waals surface area contributed by atoms with Crippen LogP contribution in [-0.4, -0.2) is 61.6 Å². The van der Waals surface area contributed by atoms with Crippen LogP contribution in [0, 0.1) is 0 Å². The lowest BCUT2D eigenvalue weighted by Crippen LogP contribution is -2.53. The van der Waals surface area contributed by atoms with Crippen molar-refractivity contribution in [2.75, 3.05) is 39.4 Å². The van der Waals surface area contributed by atoms with E-state index in [4.69, 9.17) is 19.2 Å². The second-order valence-corrected chi connectivity index (χ2v) is 8.07. The second-order valence-electron chi connectivity index (χ2n) is 8.07. The van der Waals surface area contributed by atoms with Crippen molar-refractivity contribution in [1.82, 2.24) is 9.97 Å². The highest BCUT2D eigenvalue weighted by Gasteiger charge is 2.59. The third-order valence-corrected chi connectivity index (χ3v) is 6.46. The molecule has 1 atom stereocenters. The van der Waals surface area contributed by atoms with Gasteiger partial charge in [0.15, 0.2) is 5.78 Å². The molecular formula is C24H26N4O4. The highest BCUT2D eigenvalue weighted by atomic mass is 16.5. The van der Waals surface area contributed by atoms with Crippen molar-refractivity contribution in [2.24, 2.45) is 4.99 Å². The van der Waals surface area contributed by atoms with Crippen molar-refractivity contribution >= 4 is 28.3 Å². The molecule has 8 nitrogen and oxygen atoms in total. The van der Waals surface area contributed by atoms with E-state index in [0.29, 0.717) is 49.2 Å². The van der Waals surface area contributed by atoms with Gasteiger partial charge in [-0.05, 0) is 12.1 Å². The molecule has 1 aromatic heterocycles. The molecule has 0 radical (unpaired) electrons. The number of methoxy groups -OCH3 is 2. The number of amidine groups is 1. The van der Waals surface area contributed by atoms with Gasteiger partial charge in [-0.2, -0.15) is 0 Å². The first kappa shape index (κ1) is 20.5. The molecule has 32 heavy (non-hydrogen) atoms.